The van der Waals surface area contributed by atoms with Crippen molar-refractivity contribution in [1.29, 1.82) is 0 Å². The second kappa shape index (κ2) is 8.92. The Hall–Kier alpha value is -0.380. The lowest BCUT2D eigenvalue weighted by molar-refractivity contribution is 0.134. The van der Waals surface area contributed by atoms with Gasteiger partial charge < -0.3 is 5.73 Å². The molecule has 2 nitrogen and oxygen atoms in total. The van der Waals surface area contributed by atoms with E-state index in [0.717, 1.165) is 24.0 Å². The average molecular weight is 355 g/mol. The zero-order chi connectivity index (χ0) is 16.0. The third kappa shape index (κ3) is 6.09. The first kappa shape index (κ1) is 18.7. The molecule has 0 bridgehead atoms. The Morgan fingerprint density at radius 3 is 1.86 bits per heavy atom. The van der Waals surface area contributed by atoms with Crippen LogP contribution in [0.15, 0.2) is 28.7 Å². The van der Waals surface area contributed by atoms with Crippen LogP contribution in [0.5, 0.6) is 0 Å². The highest BCUT2D eigenvalue weighted by Crippen LogP contribution is 2.28. The number of nitrogens with zero attached hydrogens (tertiary/aromatic N) is 1. The van der Waals surface area contributed by atoms with E-state index in [-0.39, 0.29) is 6.04 Å². The molecule has 3 heteroatoms. The van der Waals surface area contributed by atoms with E-state index in [1.54, 1.807) is 0 Å². The molecule has 0 aromatic heterocycles. The molecular formula is C18H31BrN2. The van der Waals surface area contributed by atoms with Crippen molar-refractivity contribution < 1.29 is 0 Å². The monoisotopic (exact) mass is 354 g/mol. The van der Waals surface area contributed by atoms with E-state index in [1.807, 2.05) is 0 Å². The highest BCUT2D eigenvalue weighted by Gasteiger charge is 2.26. The largest absolute Gasteiger partial charge is 0.326 e. The van der Waals surface area contributed by atoms with Crippen molar-refractivity contribution in [3.63, 3.8) is 0 Å². The van der Waals surface area contributed by atoms with Gasteiger partial charge in [-0.15, -0.1) is 0 Å². The lowest BCUT2D eigenvalue weighted by Crippen LogP contribution is -2.44. The Morgan fingerprint density at radius 2 is 1.48 bits per heavy atom. The topological polar surface area (TPSA) is 29.3 Å². The molecule has 0 saturated heterocycles. The van der Waals surface area contributed by atoms with E-state index in [0.29, 0.717) is 17.9 Å². The molecule has 2 atom stereocenters. The third-order valence-electron chi connectivity index (χ3n) is 3.68. The van der Waals surface area contributed by atoms with Gasteiger partial charge in [-0.2, -0.15) is 0 Å². The Balaban J connectivity index is 3.09. The normalized spacial score (nSPS) is 15.0. The van der Waals surface area contributed by atoms with Gasteiger partial charge in [0.25, 0.3) is 0 Å². The fourth-order valence-corrected chi connectivity index (χ4v) is 3.12. The summed E-state index contributed by atoms with van der Waals surface area (Å²) in [6, 6.07) is 9.12. The number of hydrogen-bond acceptors (Lipinski definition) is 2. The number of halogens is 1. The molecule has 120 valence electrons. The van der Waals surface area contributed by atoms with Gasteiger partial charge in [0.2, 0.25) is 0 Å². The second-order valence-corrected chi connectivity index (χ2v) is 7.73. The molecule has 0 radical (unpaired) electrons. The van der Waals surface area contributed by atoms with Crippen molar-refractivity contribution in [3.05, 3.63) is 34.3 Å². The second-order valence-electron chi connectivity index (χ2n) is 6.81. The molecule has 0 heterocycles. The Bertz CT molecular complexity index is 390. The zero-order valence-corrected chi connectivity index (χ0v) is 15.7. The summed E-state index contributed by atoms with van der Waals surface area (Å²) in [6.45, 7) is 13.5. The molecule has 21 heavy (non-hydrogen) atoms. The quantitative estimate of drug-likeness (QED) is 0.723. The molecule has 0 amide bonds. The minimum Gasteiger partial charge on any atom is -0.326 e. The molecule has 0 aliphatic rings. The third-order valence-corrected chi connectivity index (χ3v) is 4.21. The van der Waals surface area contributed by atoms with Gasteiger partial charge in [0.05, 0.1) is 0 Å². The lowest BCUT2D eigenvalue weighted by atomic mass is 9.94. The van der Waals surface area contributed by atoms with Crippen LogP contribution in [0, 0.1) is 11.8 Å². The fourth-order valence-electron chi connectivity index (χ4n) is 2.85. The number of rotatable bonds is 8. The van der Waals surface area contributed by atoms with Crippen LogP contribution in [0.1, 0.15) is 52.6 Å². The summed E-state index contributed by atoms with van der Waals surface area (Å²) in [5.41, 5.74) is 7.81. The smallest absolute Gasteiger partial charge is 0.0499 e. The first-order valence-electron chi connectivity index (χ1n) is 8.10. The SMILES string of the molecule is CCC(N)C(c1ccc(Br)cc1)N(CC(C)C)CC(C)C. The van der Waals surface area contributed by atoms with Gasteiger partial charge in [0.15, 0.2) is 0 Å². The minimum absolute atomic E-state index is 0.170. The van der Waals surface area contributed by atoms with Crippen molar-refractivity contribution in [2.75, 3.05) is 13.1 Å². The molecule has 0 aliphatic heterocycles. The van der Waals surface area contributed by atoms with E-state index in [4.69, 9.17) is 5.73 Å². The molecule has 2 unspecified atom stereocenters. The summed E-state index contributed by atoms with van der Waals surface area (Å²) in [6.07, 6.45) is 0.993. The Morgan fingerprint density at radius 1 is 1.00 bits per heavy atom. The van der Waals surface area contributed by atoms with E-state index in [2.05, 4.69) is 79.7 Å². The number of nitrogens with two attached hydrogens (primary N) is 1. The van der Waals surface area contributed by atoms with Gasteiger partial charge >= 0.3 is 0 Å². The van der Waals surface area contributed by atoms with Crippen molar-refractivity contribution in [3.8, 4) is 0 Å². The van der Waals surface area contributed by atoms with Crippen LogP contribution >= 0.6 is 15.9 Å². The van der Waals surface area contributed by atoms with Gasteiger partial charge in [-0.05, 0) is 36.0 Å². The van der Waals surface area contributed by atoms with Crippen molar-refractivity contribution in [1.82, 2.24) is 4.90 Å². The van der Waals surface area contributed by atoms with Crippen LogP contribution in [0.4, 0.5) is 0 Å². The predicted octanol–water partition coefficient (Wildman–Crippen LogP) is 4.84. The van der Waals surface area contributed by atoms with Crippen LogP contribution in [-0.2, 0) is 0 Å². The lowest BCUT2D eigenvalue weighted by Gasteiger charge is -2.38. The van der Waals surface area contributed by atoms with Crippen LogP contribution in [-0.4, -0.2) is 24.0 Å². The number of benzene rings is 1. The molecule has 2 N–H and O–H groups in total. The summed E-state index contributed by atoms with van der Waals surface area (Å²) in [5, 5.41) is 0. The van der Waals surface area contributed by atoms with E-state index in [9.17, 15) is 0 Å². The van der Waals surface area contributed by atoms with Crippen molar-refractivity contribution >= 4 is 15.9 Å². The van der Waals surface area contributed by atoms with Gasteiger partial charge in [-0.1, -0.05) is 62.7 Å². The van der Waals surface area contributed by atoms with Gasteiger partial charge in [0, 0.05) is 29.6 Å². The Labute approximate surface area is 139 Å². The average Bonchev–Trinajstić information content (AvgIpc) is 2.39. The zero-order valence-electron chi connectivity index (χ0n) is 14.1. The number of hydrogen-bond donors (Lipinski definition) is 1. The standard InChI is InChI=1S/C18H31BrN2/c1-6-17(20)18(15-7-9-16(19)10-8-15)21(11-13(2)3)12-14(4)5/h7-10,13-14,17-18H,6,11-12,20H2,1-5H3. The highest BCUT2D eigenvalue weighted by molar-refractivity contribution is 9.10. The maximum absolute atomic E-state index is 6.49. The maximum Gasteiger partial charge on any atom is 0.0499 e. The fraction of sp³-hybridized carbons (Fsp3) is 0.667. The maximum atomic E-state index is 6.49. The van der Waals surface area contributed by atoms with Crippen molar-refractivity contribution in [2.24, 2.45) is 17.6 Å². The molecule has 1 aromatic rings. The highest BCUT2D eigenvalue weighted by atomic mass is 79.9. The molecule has 0 spiro atoms. The molecule has 1 aromatic carbocycles. The summed E-state index contributed by atoms with van der Waals surface area (Å²) < 4.78 is 1.12. The van der Waals surface area contributed by atoms with Crippen LogP contribution in [0.25, 0.3) is 0 Å². The molecule has 1 rings (SSSR count). The summed E-state index contributed by atoms with van der Waals surface area (Å²) in [7, 11) is 0. The van der Waals surface area contributed by atoms with Crippen LogP contribution < -0.4 is 5.73 Å². The summed E-state index contributed by atoms with van der Waals surface area (Å²) in [5.74, 6) is 1.29. The molecular weight excluding hydrogens is 324 g/mol. The van der Waals surface area contributed by atoms with E-state index in [1.165, 1.54) is 5.56 Å². The summed E-state index contributed by atoms with van der Waals surface area (Å²) in [4.78, 5) is 2.58. The van der Waals surface area contributed by atoms with E-state index < -0.39 is 0 Å². The minimum atomic E-state index is 0.170. The summed E-state index contributed by atoms with van der Waals surface area (Å²) >= 11 is 3.52. The van der Waals surface area contributed by atoms with Gasteiger partial charge in [-0.25, -0.2) is 0 Å². The first-order chi connectivity index (χ1) is 9.85. The molecule has 0 fully saturated rings. The first-order valence-corrected chi connectivity index (χ1v) is 8.89. The molecule has 0 aliphatic carbocycles. The van der Waals surface area contributed by atoms with Gasteiger partial charge in [0.1, 0.15) is 0 Å². The predicted molar refractivity (Wildman–Crippen MR) is 96.4 cm³/mol. The van der Waals surface area contributed by atoms with Crippen LogP contribution in [0.2, 0.25) is 0 Å². The van der Waals surface area contributed by atoms with Crippen molar-refractivity contribution in [2.45, 2.75) is 53.1 Å². The molecule has 0 saturated carbocycles. The van der Waals surface area contributed by atoms with Crippen LogP contribution in [0.3, 0.4) is 0 Å². The Kier molecular flexibility index (Phi) is 7.93. The van der Waals surface area contributed by atoms with E-state index >= 15 is 0 Å². The van der Waals surface area contributed by atoms with Gasteiger partial charge in [-0.3, -0.25) is 4.90 Å².